The number of benzene rings is 1. The lowest BCUT2D eigenvalue weighted by Crippen LogP contribution is -2.03. The number of aromatic nitrogens is 2. The first kappa shape index (κ1) is 16.1. The van der Waals surface area contributed by atoms with Gasteiger partial charge in [0.2, 0.25) is 0 Å². The van der Waals surface area contributed by atoms with Gasteiger partial charge in [-0.3, -0.25) is 0 Å². The Balaban J connectivity index is 1.91. The van der Waals surface area contributed by atoms with Crippen molar-refractivity contribution in [3.8, 4) is 10.6 Å². The zero-order valence-corrected chi connectivity index (χ0v) is 15.7. The van der Waals surface area contributed by atoms with Gasteiger partial charge in [0, 0.05) is 19.8 Å². The van der Waals surface area contributed by atoms with Crippen LogP contribution in [0.15, 0.2) is 45.1 Å². The van der Waals surface area contributed by atoms with E-state index in [1.54, 1.807) is 12.1 Å². The van der Waals surface area contributed by atoms with Crippen LogP contribution in [0.1, 0.15) is 4.88 Å². The van der Waals surface area contributed by atoms with Crippen molar-refractivity contribution in [3.05, 3.63) is 50.1 Å². The van der Waals surface area contributed by atoms with Gasteiger partial charge in [0.25, 0.3) is 0 Å². The Bertz CT molecular complexity index is 890. The maximum atomic E-state index is 12.5. The number of nitrogens with zero attached hydrogens (tertiary/aromatic N) is 2. The lowest BCUT2D eigenvalue weighted by Gasteiger charge is -2.03. The van der Waals surface area contributed by atoms with E-state index in [0.29, 0.717) is 5.02 Å². The molecule has 3 aromatic rings. The number of sulfone groups is 1. The molecule has 0 aliphatic heterocycles. The van der Waals surface area contributed by atoms with Gasteiger partial charge < -0.3 is 0 Å². The van der Waals surface area contributed by atoms with Crippen molar-refractivity contribution >= 4 is 60.2 Å². The molecule has 0 aliphatic rings. The van der Waals surface area contributed by atoms with Crippen LogP contribution >= 0.6 is 50.4 Å². The van der Waals surface area contributed by atoms with Crippen molar-refractivity contribution < 1.29 is 8.42 Å². The van der Waals surface area contributed by atoms with Crippen LogP contribution in [-0.4, -0.2) is 18.0 Å². The van der Waals surface area contributed by atoms with E-state index >= 15 is 0 Å². The molecule has 0 atom stereocenters. The molecule has 0 radical (unpaired) electrons. The maximum Gasteiger partial charge on any atom is 0.183 e. The molecule has 0 saturated carbocycles. The fourth-order valence-electron chi connectivity index (χ4n) is 1.80. The summed E-state index contributed by atoms with van der Waals surface area (Å²) in [6.07, 6.45) is 0. The van der Waals surface area contributed by atoms with Crippen molar-refractivity contribution in [2.45, 2.75) is 10.6 Å². The molecule has 22 heavy (non-hydrogen) atoms. The van der Waals surface area contributed by atoms with Crippen molar-refractivity contribution in [3.63, 3.8) is 0 Å². The first-order valence-corrected chi connectivity index (χ1v) is 10.5. The molecule has 0 spiro atoms. The summed E-state index contributed by atoms with van der Waals surface area (Å²) in [6, 6.07) is 8.05. The quantitative estimate of drug-likeness (QED) is 0.598. The second-order valence-electron chi connectivity index (χ2n) is 4.38. The Hall–Kier alpha value is -0.800. The molecule has 0 N–H and O–H groups in total. The number of halogens is 2. The van der Waals surface area contributed by atoms with Gasteiger partial charge >= 0.3 is 0 Å². The maximum absolute atomic E-state index is 12.5. The fraction of sp³-hybridized carbons (Fsp3) is 0.0769. The molecule has 1 aromatic carbocycles. The Kier molecular flexibility index (Phi) is 4.65. The van der Waals surface area contributed by atoms with E-state index in [2.05, 4.69) is 25.5 Å². The summed E-state index contributed by atoms with van der Waals surface area (Å²) < 4.78 is 29.5. The molecule has 3 rings (SSSR count). The molecular formula is C13H8BrClN2O2S3. The zero-order valence-electron chi connectivity index (χ0n) is 10.9. The highest BCUT2D eigenvalue weighted by Crippen LogP contribution is 2.36. The van der Waals surface area contributed by atoms with Gasteiger partial charge in [0.1, 0.15) is 5.69 Å². The standard InChI is InChI=1S/C13H8BrClN2O2S3/c14-10-5-12(11-6-20-17-16-11)21-13(10)7-22(18,19)9-3-1-8(15)2-4-9/h1-6H,7H2. The normalized spacial score (nSPS) is 11.7. The molecule has 0 saturated heterocycles. The van der Waals surface area contributed by atoms with Crippen LogP contribution in [0.4, 0.5) is 0 Å². The van der Waals surface area contributed by atoms with Gasteiger partial charge in [-0.2, -0.15) is 0 Å². The SMILES string of the molecule is O=S(=O)(Cc1sc(-c2csnn2)cc1Br)c1ccc(Cl)cc1. The largest absolute Gasteiger partial charge is 0.223 e. The highest BCUT2D eigenvalue weighted by molar-refractivity contribution is 9.10. The minimum Gasteiger partial charge on any atom is -0.223 e. The van der Waals surface area contributed by atoms with Gasteiger partial charge in [-0.05, 0) is 57.8 Å². The second kappa shape index (κ2) is 6.37. The molecule has 2 aromatic heterocycles. The third-order valence-corrected chi connectivity index (χ3v) is 7.59. The van der Waals surface area contributed by atoms with Crippen molar-refractivity contribution in [2.24, 2.45) is 0 Å². The van der Waals surface area contributed by atoms with Crippen molar-refractivity contribution in [2.75, 3.05) is 0 Å². The van der Waals surface area contributed by atoms with Crippen molar-refractivity contribution in [1.29, 1.82) is 0 Å². The summed E-state index contributed by atoms with van der Waals surface area (Å²) >= 11 is 11.9. The Morgan fingerprint density at radius 2 is 1.95 bits per heavy atom. The van der Waals surface area contributed by atoms with Crippen LogP contribution in [0.25, 0.3) is 10.6 Å². The monoisotopic (exact) mass is 434 g/mol. The van der Waals surface area contributed by atoms with E-state index in [0.717, 1.165) is 19.9 Å². The van der Waals surface area contributed by atoms with Crippen LogP contribution < -0.4 is 0 Å². The van der Waals surface area contributed by atoms with E-state index in [4.69, 9.17) is 11.6 Å². The lowest BCUT2D eigenvalue weighted by molar-refractivity contribution is 0.595. The van der Waals surface area contributed by atoms with Gasteiger partial charge in [-0.25, -0.2) is 8.42 Å². The molecule has 4 nitrogen and oxygen atoms in total. The molecule has 0 aliphatic carbocycles. The van der Waals surface area contributed by atoms with Crippen LogP contribution in [0.3, 0.4) is 0 Å². The smallest absolute Gasteiger partial charge is 0.183 e. The molecule has 2 heterocycles. The van der Waals surface area contributed by atoms with E-state index in [-0.39, 0.29) is 10.6 Å². The number of thiophene rings is 1. The first-order chi connectivity index (χ1) is 10.5. The van der Waals surface area contributed by atoms with Crippen LogP contribution in [0.2, 0.25) is 5.02 Å². The molecule has 114 valence electrons. The summed E-state index contributed by atoms with van der Waals surface area (Å²) in [7, 11) is -3.42. The number of hydrogen-bond acceptors (Lipinski definition) is 6. The summed E-state index contributed by atoms with van der Waals surface area (Å²) in [5, 5.41) is 6.34. The average molecular weight is 436 g/mol. The van der Waals surface area contributed by atoms with E-state index in [9.17, 15) is 8.42 Å². The lowest BCUT2D eigenvalue weighted by atomic mass is 10.4. The van der Waals surface area contributed by atoms with Gasteiger partial charge in [-0.1, -0.05) is 16.1 Å². The Morgan fingerprint density at radius 1 is 1.23 bits per heavy atom. The summed E-state index contributed by atoms with van der Waals surface area (Å²) in [5.74, 6) is -0.0720. The van der Waals surface area contributed by atoms with Crippen LogP contribution in [-0.2, 0) is 15.6 Å². The minimum absolute atomic E-state index is 0.0720. The van der Waals surface area contributed by atoms with E-state index in [1.807, 2.05) is 11.4 Å². The third-order valence-electron chi connectivity index (χ3n) is 2.86. The predicted octanol–water partition coefficient (Wildman–Crippen LogP) is 4.66. The van der Waals surface area contributed by atoms with Crippen molar-refractivity contribution in [1.82, 2.24) is 9.59 Å². The zero-order chi connectivity index (χ0) is 15.7. The summed E-state index contributed by atoms with van der Waals surface area (Å²) in [4.78, 5) is 1.88. The molecule has 0 unspecified atom stereocenters. The molecular weight excluding hydrogens is 428 g/mol. The number of rotatable bonds is 4. The molecule has 0 fully saturated rings. The highest BCUT2D eigenvalue weighted by Gasteiger charge is 2.20. The topological polar surface area (TPSA) is 59.9 Å². The summed E-state index contributed by atoms with van der Waals surface area (Å²) in [6.45, 7) is 0. The minimum atomic E-state index is -3.42. The van der Waals surface area contributed by atoms with E-state index < -0.39 is 9.84 Å². The number of hydrogen-bond donors (Lipinski definition) is 0. The average Bonchev–Trinajstić information content (AvgIpc) is 3.10. The molecule has 0 amide bonds. The van der Waals surface area contributed by atoms with Gasteiger partial charge in [0.05, 0.1) is 15.5 Å². The van der Waals surface area contributed by atoms with E-state index in [1.165, 1.54) is 35.0 Å². The second-order valence-corrected chi connectivity index (χ2v) is 9.41. The molecule has 0 bridgehead atoms. The fourth-order valence-corrected chi connectivity index (χ4v) is 6.13. The summed E-state index contributed by atoms with van der Waals surface area (Å²) in [5.41, 5.74) is 0.755. The molecule has 9 heteroatoms. The third kappa shape index (κ3) is 3.41. The van der Waals surface area contributed by atoms with Crippen LogP contribution in [0.5, 0.6) is 0 Å². The van der Waals surface area contributed by atoms with Crippen LogP contribution in [0, 0.1) is 0 Å². The highest BCUT2D eigenvalue weighted by atomic mass is 79.9. The Morgan fingerprint density at radius 3 is 2.59 bits per heavy atom. The Labute approximate surface area is 149 Å². The predicted molar refractivity (Wildman–Crippen MR) is 93.3 cm³/mol. The first-order valence-electron chi connectivity index (χ1n) is 6.00. The van der Waals surface area contributed by atoms with Gasteiger partial charge in [-0.15, -0.1) is 16.4 Å². The van der Waals surface area contributed by atoms with Gasteiger partial charge in [0.15, 0.2) is 9.84 Å².